The smallest absolute Gasteiger partial charge is 0.211 e. The number of carbonyl (C=O) groups excluding carboxylic acids is 2. The fraction of sp³-hybridized carbons (Fsp3) is 0.333. The van der Waals surface area contributed by atoms with E-state index in [0.717, 1.165) is 11.3 Å². The third kappa shape index (κ3) is 3.76. The summed E-state index contributed by atoms with van der Waals surface area (Å²) in [6.45, 7) is 2.87. The fourth-order valence-corrected chi connectivity index (χ4v) is 1.96. The van der Waals surface area contributed by atoms with Crippen LogP contribution in [-0.2, 0) is 16.1 Å². The summed E-state index contributed by atoms with van der Waals surface area (Å²) in [6.07, 6.45) is 2.20. The van der Waals surface area contributed by atoms with Crippen molar-refractivity contribution in [3.05, 3.63) is 30.5 Å². The van der Waals surface area contributed by atoms with Gasteiger partial charge in [-0.2, -0.15) is 0 Å². The lowest BCUT2D eigenvalue weighted by atomic mass is 10.1. The van der Waals surface area contributed by atoms with Crippen molar-refractivity contribution in [2.45, 2.75) is 19.5 Å². The topological polar surface area (TPSA) is 94.1 Å². The molecule has 0 aliphatic rings. The van der Waals surface area contributed by atoms with Crippen LogP contribution in [0.25, 0.3) is 11.3 Å². The average molecular weight is 301 g/mol. The zero-order valence-corrected chi connectivity index (χ0v) is 12.6. The number of benzene rings is 1. The first kappa shape index (κ1) is 15.8. The lowest BCUT2D eigenvalue weighted by molar-refractivity contribution is -0.132. The van der Waals surface area contributed by atoms with Gasteiger partial charge in [0.2, 0.25) is 5.78 Å². The molecule has 1 aromatic heterocycles. The van der Waals surface area contributed by atoms with Crippen LogP contribution in [0.3, 0.4) is 0 Å². The summed E-state index contributed by atoms with van der Waals surface area (Å²) in [6, 6.07) is 6.97. The Balaban J connectivity index is 1.96. The molecule has 22 heavy (non-hydrogen) atoms. The lowest BCUT2D eigenvalue weighted by Gasteiger charge is -2.21. The van der Waals surface area contributed by atoms with Crippen molar-refractivity contribution in [1.82, 2.24) is 19.9 Å². The Labute approximate surface area is 128 Å². The number of ketones is 1. The number of nitrogens with two attached hydrogens (primary N) is 1. The van der Waals surface area contributed by atoms with Gasteiger partial charge in [0.1, 0.15) is 5.69 Å². The molecule has 0 saturated carbocycles. The molecular formula is C15H19N5O2. The van der Waals surface area contributed by atoms with E-state index in [-0.39, 0.29) is 0 Å². The number of rotatable bonds is 7. The predicted molar refractivity (Wildman–Crippen MR) is 83.0 cm³/mol. The number of nitrogen functional groups attached to an aromatic ring is 1. The third-order valence-electron chi connectivity index (χ3n) is 3.62. The number of carbonyl (C=O) groups is 2. The van der Waals surface area contributed by atoms with Crippen molar-refractivity contribution in [2.75, 3.05) is 19.3 Å². The zero-order chi connectivity index (χ0) is 16.1. The van der Waals surface area contributed by atoms with E-state index in [1.807, 2.05) is 30.5 Å². The molecule has 2 aromatic rings. The number of hydrogen-bond donors (Lipinski definition) is 1. The number of aromatic nitrogens is 3. The zero-order valence-electron chi connectivity index (χ0n) is 12.6. The van der Waals surface area contributed by atoms with Crippen molar-refractivity contribution in [2.24, 2.45) is 0 Å². The highest BCUT2D eigenvalue weighted by atomic mass is 16.2. The molecule has 2 N–H and O–H groups in total. The van der Waals surface area contributed by atoms with Gasteiger partial charge < -0.3 is 5.73 Å². The van der Waals surface area contributed by atoms with E-state index in [1.54, 1.807) is 23.6 Å². The van der Waals surface area contributed by atoms with Crippen LogP contribution >= 0.6 is 0 Å². The van der Waals surface area contributed by atoms with Crippen molar-refractivity contribution in [1.29, 1.82) is 0 Å². The van der Waals surface area contributed by atoms with Gasteiger partial charge in [0.05, 0.1) is 18.8 Å². The average Bonchev–Trinajstić information content (AvgIpc) is 3.00. The third-order valence-corrected chi connectivity index (χ3v) is 3.62. The van der Waals surface area contributed by atoms with Gasteiger partial charge in [-0.3, -0.25) is 19.2 Å². The standard InChI is InChI=1S/C15H19N5O2/c1-11(15(22)10-21)19(2)7-8-20-9-14(17-18-20)12-3-5-13(16)6-4-12/h3-6,9-11H,7-8,16H2,1-2H3. The summed E-state index contributed by atoms with van der Waals surface area (Å²) in [5, 5.41) is 8.19. The molecule has 0 aliphatic carbocycles. The predicted octanol–water partition coefficient (Wildman–Crippen LogP) is 0.616. The van der Waals surface area contributed by atoms with Gasteiger partial charge in [-0.05, 0) is 26.1 Å². The number of anilines is 1. The fourth-order valence-electron chi connectivity index (χ4n) is 1.96. The summed E-state index contributed by atoms with van der Waals surface area (Å²) < 4.78 is 1.71. The highest BCUT2D eigenvalue weighted by Gasteiger charge is 2.16. The van der Waals surface area contributed by atoms with Crippen LogP contribution in [0.15, 0.2) is 30.5 Å². The van der Waals surface area contributed by atoms with E-state index < -0.39 is 11.8 Å². The van der Waals surface area contributed by atoms with Crippen molar-refractivity contribution >= 4 is 17.8 Å². The molecule has 0 fully saturated rings. The summed E-state index contributed by atoms with van der Waals surface area (Å²) in [4.78, 5) is 23.6. The number of aldehydes is 1. The van der Waals surface area contributed by atoms with Crippen LogP contribution in [0.4, 0.5) is 5.69 Å². The monoisotopic (exact) mass is 301 g/mol. The second-order valence-electron chi connectivity index (χ2n) is 5.17. The maximum absolute atomic E-state index is 11.3. The first-order valence-corrected chi connectivity index (χ1v) is 6.96. The van der Waals surface area contributed by atoms with E-state index >= 15 is 0 Å². The Morgan fingerprint density at radius 1 is 1.41 bits per heavy atom. The lowest BCUT2D eigenvalue weighted by Crippen LogP contribution is -2.38. The quantitative estimate of drug-likeness (QED) is 0.457. The number of nitrogens with zero attached hydrogens (tertiary/aromatic N) is 4. The first-order valence-electron chi connectivity index (χ1n) is 6.96. The minimum atomic E-state index is -0.433. The molecule has 7 heteroatoms. The number of likely N-dealkylation sites (N-methyl/N-ethyl adjacent to an activating group) is 1. The van der Waals surface area contributed by atoms with Gasteiger partial charge in [0.15, 0.2) is 6.29 Å². The van der Waals surface area contributed by atoms with Crippen molar-refractivity contribution in [3.63, 3.8) is 0 Å². The highest BCUT2D eigenvalue weighted by Crippen LogP contribution is 2.17. The van der Waals surface area contributed by atoms with Crippen LogP contribution < -0.4 is 5.73 Å². The maximum atomic E-state index is 11.3. The molecule has 0 bridgehead atoms. The molecule has 116 valence electrons. The summed E-state index contributed by atoms with van der Waals surface area (Å²) >= 11 is 0. The maximum Gasteiger partial charge on any atom is 0.211 e. The van der Waals surface area contributed by atoms with Crippen LogP contribution in [0.2, 0.25) is 0 Å². The molecule has 0 amide bonds. The van der Waals surface area contributed by atoms with Gasteiger partial charge in [0, 0.05) is 17.8 Å². The van der Waals surface area contributed by atoms with Crippen molar-refractivity contribution in [3.8, 4) is 11.3 Å². The summed E-state index contributed by atoms with van der Waals surface area (Å²) in [5.74, 6) is -0.427. The SMILES string of the molecule is CC(C(=O)C=O)N(C)CCn1cc(-c2ccc(N)cc2)nn1. The molecule has 1 aromatic carbocycles. The van der Waals surface area contributed by atoms with Gasteiger partial charge in [0.25, 0.3) is 0 Å². The largest absolute Gasteiger partial charge is 0.399 e. The minimum absolute atomic E-state index is 0.357. The molecule has 1 heterocycles. The Hall–Kier alpha value is -2.54. The summed E-state index contributed by atoms with van der Waals surface area (Å²) in [5.41, 5.74) is 8.06. The van der Waals surface area contributed by atoms with E-state index in [4.69, 9.17) is 5.73 Å². The normalized spacial score (nSPS) is 12.3. The Bertz CT molecular complexity index is 650. The Morgan fingerprint density at radius 2 is 2.09 bits per heavy atom. The van der Waals surface area contributed by atoms with Gasteiger partial charge in [-0.1, -0.05) is 17.3 Å². The number of hydrogen-bond acceptors (Lipinski definition) is 6. The Morgan fingerprint density at radius 3 is 2.73 bits per heavy atom. The number of Topliss-reactive ketones (excluding diaryl/α,β-unsaturated/α-hetero) is 1. The van der Waals surface area contributed by atoms with E-state index in [2.05, 4.69) is 10.3 Å². The van der Waals surface area contributed by atoms with E-state index in [1.165, 1.54) is 0 Å². The first-order chi connectivity index (χ1) is 10.5. The second-order valence-corrected chi connectivity index (χ2v) is 5.17. The molecule has 0 radical (unpaired) electrons. The van der Waals surface area contributed by atoms with E-state index in [9.17, 15) is 9.59 Å². The second kappa shape index (κ2) is 6.95. The van der Waals surface area contributed by atoms with Gasteiger partial charge in [-0.25, -0.2) is 0 Å². The molecule has 0 aliphatic heterocycles. The Kier molecular flexibility index (Phi) is 5.00. The van der Waals surface area contributed by atoms with Gasteiger partial charge >= 0.3 is 0 Å². The van der Waals surface area contributed by atoms with Crippen LogP contribution in [-0.4, -0.2) is 51.6 Å². The van der Waals surface area contributed by atoms with Gasteiger partial charge in [-0.15, -0.1) is 5.10 Å². The highest BCUT2D eigenvalue weighted by molar-refractivity contribution is 6.27. The van der Waals surface area contributed by atoms with Crippen LogP contribution in [0.1, 0.15) is 6.92 Å². The molecular weight excluding hydrogens is 282 g/mol. The molecule has 7 nitrogen and oxygen atoms in total. The van der Waals surface area contributed by atoms with Crippen molar-refractivity contribution < 1.29 is 9.59 Å². The van der Waals surface area contributed by atoms with Crippen LogP contribution in [0.5, 0.6) is 0 Å². The molecule has 1 atom stereocenters. The molecule has 1 unspecified atom stereocenters. The molecule has 0 spiro atoms. The molecule has 2 rings (SSSR count). The van der Waals surface area contributed by atoms with Crippen LogP contribution in [0, 0.1) is 0 Å². The van der Waals surface area contributed by atoms with E-state index in [0.29, 0.717) is 25.1 Å². The molecule has 0 saturated heterocycles. The summed E-state index contributed by atoms with van der Waals surface area (Å²) in [7, 11) is 1.80. The minimum Gasteiger partial charge on any atom is -0.399 e.